The minimum Gasteiger partial charge on any atom is -0.319 e. The first kappa shape index (κ1) is 15.1. The Morgan fingerprint density at radius 3 is 2.75 bits per heavy atom. The van der Waals surface area contributed by atoms with Crippen LogP contribution in [0, 0.1) is 6.92 Å². The third kappa shape index (κ3) is 3.84. The highest BCUT2D eigenvalue weighted by atomic mass is 32.2. The van der Waals surface area contributed by atoms with Crippen molar-refractivity contribution >= 4 is 29.0 Å². The molecule has 0 bridgehead atoms. The maximum atomic E-state index is 11.9. The van der Waals surface area contributed by atoms with Crippen LogP contribution in [0.25, 0.3) is 0 Å². The lowest BCUT2D eigenvalue weighted by molar-refractivity contribution is -0.117. The number of aromatic nitrogens is 1. The van der Waals surface area contributed by atoms with Crippen molar-refractivity contribution in [2.24, 2.45) is 4.99 Å². The Labute approximate surface area is 127 Å². The number of amides is 1. The second-order valence-corrected chi connectivity index (χ2v) is 6.68. The molecule has 0 spiro atoms. The molecule has 0 aliphatic rings. The Balaban J connectivity index is 2.22. The van der Waals surface area contributed by atoms with Crippen LogP contribution in [0.3, 0.4) is 0 Å². The van der Waals surface area contributed by atoms with Gasteiger partial charge in [0.2, 0.25) is 0 Å². The number of hydrogen-bond acceptors (Lipinski definition) is 3. The molecule has 106 valence electrons. The van der Waals surface area contributed by atoms with Crippen molar-refractivity contribution in [1.29, 1.82) is 0 Å². The normalized spacial score (nSPS) is 13.4. The number of aryl methyl sites for hydroxylation is 1. The molecule has 20 heavy (non-hydrogen) atoms. The Morgan fingerprint density at radius 1 is 1.40 bits per heavy atom. The third-order valence-corrected chi connectivity index (χ3v) is 4.74. The first-order chi connectivity index (χ1) is 9.60. The van der Waals surface area contributed by atoms with E-state index in [0.29, 0.717) is 0 Å². The topological polar surface area (TPSA) is 34.4 Å². The van der Waals surface area contributed by atoms with Crippen LogP contribution < -0.4 is 4.80 Å². The summed E-state index contributed by atoms with van der Waals surface area (Å²) in [6.07, 6.45) is 3.90. The predicted octanol–water partition coefficient (Wildman–Crippen LogP) is 3.09. The number of carbonyl (C=O) groups is 1. The number of thiazole rings is 1. The van der Waals surface area contributed by atoms with Gasteiger partial charge in [0.1, 0.15) is 0 Å². The smallest absolute Gasteiger partial charge is 0.261 e. The third-order valence-electron chi connectivity index (χ3n) is 3.04. The van der Waals surface area contributed by atoms with Gasteiger partial charge in [-0.2, -0.15) is 16.8 Å². The zero-order valence-corrected chi connectivity index (χ0v) is 13.5. The molecule has 1 aromatic carbocycles. The van der Waals surface area contributed by atoms with Gasteiger partial charge in [0, 0.05) is 18.1 Å². The Bertz CT molecular complexity index is 640. The minimum absolute atomic E-state index is 0.0717. The van der Waals surface area contributed by atoms with Gasteiger partial charge in [-0.1, -0.05) is 29.8 Å². The highest BCUT2D eigenvalue weighted by Gasteiger charge is 2.10. The molecule has 0 aliphatic heterocycles. The van der Waals surface area contributed by atoms with Crippen molar-refractivity contribution in [1.82, 2.24) is 4.57 Å². The van der Waals surface area contributed by atoms with Crippen LogP contribution in [0.15, 0.2) is 40.8 Å². The molecule has 5 heteroatoms. The van der Waals surface area contributed by atoms with E-state index in [-0.39, 0.29) is 11.2 Å². The maximum Gasteiger partial charge on any atom is 0.261 e. The molecule has 0 unspecified atom stereocenters. The average Bonchev–Trinajstić information content (AvgIpc) is 2.87. The van der Waals surface area contributed by atoms with Gasteiger partial charge >= 0.3 is 0 Å². The fraction of sp³-hybridized carbons (Fsp3) is 0.333. The number of thioether (sulfide) groups is 1. The van der Waals surface area contributed by atoms with Crippen LogP contribution in [-0.2, 0) is 11.3 Å². The monoisotopic (exact) mass is 306 g/mol. The van der Waals surface area contributed by atoms with E-state index in [4.69, 9.17) is 0 Å². The summed E-state index contributed by atoms with van der Waals surface area (Å²) in [6.45, 7) is 4.70. The lowest BCUT2D eigenvalue weighted by atomic mass is 10.1. The van der Waals surface area contributed by atoms with Crippen LogP contribution in [0.2, 0.25) is 0 Å². The molecule has 3 nitrogen and oxygen atoms in total. The molecule has 1 amide bonds. The Kier molecular flexibility index (Phi) is 5.20. The Morgan fingerprint density at radius 2 is 2.10 bits per heavy atom. The van der Waals surface area contributed by atoms with Crippen LogP contribution in [0.4, 0.5) is 0 Å². The van der Waals surface area contributed by atoms with Gasteiger partial charge in [0.25, 0.3) is 5.91 Å². The number of nitrogens with zero attached hydrogens (tertiary/aromatic N) is 2. The number of benzene rings is 1. The van der Waals surface area contributed by atoms with E-state index in [1.165, 1.54) is 34.2 Å². The summed E-state index contributed by atoms with van der Waals surface area (Å²) in [4.78, 5) is 16.9. The van der Waals surface area contributed by atoms with E-state index in [1.807, 2.05) is 29.3 Å². The first-order valence-corrected chi connectivity index (χ1v) is 8.57. The van der Waals surface area contributed by atoms with Crippen molar-refractivity contribution in [3.05, 3.63) is 51.8 Å². The second-order valence-electron chi connectivity index (χ2n) is 4.63. The summed E-state index contributed by atoms with van der Waals surface area (Å²) < 4.78 is 2.01. The maximum absolute atomic E-state index is 11.9. The molecule has 0 saturated heterocycles. The van der Waals surface area contributed by atoms with Gasteiger partial charge in [-0.25, -0.2) is 0 Å². The summed E-state index contributed by atoms with van der Waals surface area (Å²) in [5.41, 5.74) is 2.46. The molecule has 0 N–H and O–H groups in total. The molecule has 0 aliphatic carbocycles. The molecule has 1 heterocycles. The van der Waals surface area contributed by atoms with Gasteiger partial charge in [0.05, 0.1) is 5.25 Å². The molecule has 2 aromatic rings. The van der Waals surface area contributed by atoms with E-state index in [1.54, 1.807) is 0 Å². The van der Waals surface area contributed by atoms with E-state index in [9.17, 15) is 4.79 Å². The highest BCUT2D eigenvalue weighted by molar-refractivity contribution is 7.99. The average molecular weight is 306 g/mol. The lowest BCUT2D eigenvalue weighted by Crippen LogP contribution is -2.20. The first-order valence-electron chi connectivity index (χ1n) is 6.41. The lowest BCUT2D eigenvalue weighted by Gasteiger charge is -2.05. The van der Waals surface area contributed by atoms with Gasteiger partial charge in [0.15, 0.2) is 4.80 Å². The summed E-state index contributed by atoms with van der Waals surface area (Å²) >= 11 is 3.01. The largest absolute Gasteiger partial charge is 0.319 e. The molecule has 2 rings (SSSR count). The number of hydrogen-bond donors (Lipinski definition) is 0. The molecular formula is C15H18N2OS2. The molecule has 1 atom stereocenters. The van der Waals surface area contributed by atoms with Crippen LogP contribution >= 0.6 is 23.1 Å². The minimum atomic E-state index is -0.0927. The van der Waals surface area contributed by atoms with E-state index < -0.39 is 0 Å². The summed E-state index contributed by atoms with van der Waals surface area (Å²) in [7, 11) is 0. The zero-order chi connectivity index (χ0) is 14.5. The van der Waals surface area contributed by atoms with Gasteiger partial charge in [-0.3, -0.25) is 4.79 Å². The van der Waals surface area contributed by atoms with E-state index >= 15 is 0 Å². The summed E-state index contributed by atoms with van der Waals surface area (Å²) in [5, 5.41) is 1.87. The SMILES string of the molecule is CS[C@H](C)C(=O)N=c1sccn1Cc1ccc(C)cc1. The fourth-order valence-corrected chi connectivity index (χ4v) is 2.67. The molecule has 1 aromatic heterocycles. The van der Waals surface area contributed by atoms with Crippen molar-refractivity contribution in [2.45, 2.75) is 25.6 Å². The molecule has 0 saturated carbocycles. The predicted molar refractivity (Wildman–Crippen MR) is 86.1 cm³/mol. The van der Waals surface area contributed by atoms with E-state index in [0.717, 1.165) is 11.3 Å². The van der Waals surface area contributed by atoms with Crippen LogP contribution in [-0.4, -0.2) is 22.0 Å². The van der Waals surface area contributed by atoms with E-state index in [2.05, 4.69) is 36.2 Å². The Hall–Kier alpha value is -1.33. The van der Waals surface area contributed by atoms with Crippen molar-refractivity contribution in [2.75, 3.05) is 6.26 Å². The van der Waals surface area contributed by atoms with Gasteiger partial charge in [-0.15, -0.1) is 11.3 Å². The quantitative estimate of drug-likeness (QED) is 0.870. The highest BCUT2D eigenvalue weighted by Crippen LogP contribution is 2.07. The van der Waals surface area contributed by atoms with Crippen molar-refractivity contribution < 1.29 is 4.79 Å². The molecule has 0 radical (unpaired) electrons. The fourth-order valence-electron chi connectivity index (χ4n) is 1.68. The van der Waals surface area contributed by atoms with Crippen molar-refractivity contribution in [3.63, 3.8) is 0 Å². The van der Waals surface area contributed by atoms with Crippen molar-refractivity contribution in [3.8, 4) is 0 Å². The molecule has 0 fully saturated rings. The number of rotatable bonds is 4. The number of carbonyl (C=O) groups excluding carboxylic acids is 1. The second kappa shape index (κ2) is 6.90. The van der Waals surface area contributed by atoms with Crippen LogP contribution in [0.5, 0.6) is 0 Å². The molecular weight excluding hydrogens is 288 g/mol. The summed E-state index contributed by atoms with van der Waals surface area (Å²) in [5.74, 6) is -0.0717. The summed E-state index contributed by atoms with van der Waals surface area (Å²) in [6, 6.07) is 8.41. The van der Waals surface area contributed by atoms with Gasteiger partial charge < -0.3 is 4.57 Å². The van der Waals surface area contributed by atoms with Gasteiger partial charge in [-0.05, 0) is 25.7 Å². The standard InChI is InChI=1S/C15H18N2OS2/c1-11-4-6-13(7-5-11)10-17-8-9-20-15(17)16-14(18)12(2)19-3/h4-9,12H,10H2,1-3H3/t12-/m1/s1. The van der Waals surface area contributed by atoms with Crippen LogP contribution in [0.1, 0.15) is 18.1 Å². The zero-order valence-electron chi connectivity index (χ0n) is 11.9.